The molecule has 0 spiro atoms. The first-order valence-corrected chi connectivity index (χ1v) is 7.20. The average molecular weight is 446 g/mol. The van der Waals surface area contributed by atoms with Gasteiger partial charge in [0.25, 0.3) is 0 Å². The molecule has 102 valence electrons. The van der Waals surface area contributed by atoms with Crippen LogP contribution in [-0.4, -0.2) is 25.8 Å². The summed E-state index contributed by atoms with van der Waals surface area (Å²) in [6.07, 6.45) is 1.84. The Morgan fingerprint density at radius 2 is 1.74 bits per heavy atom. The van der Waals surface area contributed by atoms with Crippen LogP contribution in [0, 0.1) is 13.5 Å². The molecule has 19 heavy (non-hydrogen) atoms. The van der Waals surface area contributed by atoms with Gasteiger partial charge in [-0.15, -0.1) is 13.0 Å². The minimum absolute atomic E-state index is 0. The molecule has 0 amide bonds. The van der Waals surface area contributed by atoms with E-state index in [4.69, 9.17) is 6.58 Å². The zero-order valence-corrected chi connectivity index (χ0v) is 14.7. The summed E-state index contributed by atoms with van der Waals surface area (Å²) in [6, 6.07) is 6.86. The molecule has 0 fully saturated rings. The summed E-state index contributed by atoms with van der Waals surface area (Å²) >= 11 is 0. The summed E-state index contributed by atoms with van der Waals surface area (Å²) in [5.41, 5.74) is 2.61. The van der Waals surface area contributed by atoms with Gasteiger partial charge in [-0.25, -0.2) is 14.0 Å². The third kappa shape index (κ3) is 3.44. The Morgan fingerprint density at radius 3 is 2.26 bits per heavy atom. The third-order valence-electron chi connectivity index (χ3n) is 3.11. The van der Waals surface area contributed by atoms with E-state index in [1.807, 2.05) is 19.9 Å². The fourth-order valence-corrected chi connectivity index (χ4v) is 3.15. The van der Waals surface area contributed by atoms with Crippen LogP contribution in [-0.2, 0) is 31.1 Å². The Hall–Kier alpha value is -0.702. The van der Waals surface area contributed by atoms with Crippen molar-refractivity contribution in [3.05, 3.63) is 53.6 Å². The summed E-state index contributed by atoms with van der Waals surface area (Å²) in [5.74, 6) is 0. The molecule has 0 bridgehead atoms. The van der Waals surface area contributed by atoms with Crippen molar-refractivity contribution < 1.29 is 29.5 Å². The number of rotatable bonds is 2. The summed E-state index contributed by atoms with van der Waals surface area (Å²) in [6.45, 7) is 10.3. The van der Waals surface area contributed by atoms with E-state index in [1.165, 1.54) is 4.31 Å². The number of sulfonamides is 1. The van der Waals surface area contributed by atoms with Crippen molar-refractivity contribution in [3.63, 3.8) is 0 Å². The van der Waals surface area contributed by atoms with Gasteiger partial charge in [0.05, 0.1) is 4.90 Å². The van der Waals surface area contributed by atoms with Crippen LogP contribution < -0.4 is 0 Å². The molecule has 0 unspecified atom stereocenters. The van der Waals surface area contributed by atoms with Gasteiger partial charge >= 0.3 is 0 Å². The number of aryl methyl sites for hydroxylation is 1. The maximum atomic E-state index is 12.4. The van der Waals surface area contributed by atoms with Crippen molar-refractivity contribution in [1.29, 1.82) is 0 Å². The number of hydrogen-bond acceptors (Lipinski definition) is 2. The van der Waals surface area contributed by atoms with Crippen LogP contribution in [0.15, 0.2) is 46.4 Å². The van der Waals surface area contributed by atoms with E-state index in [0.29, 0.717) is 17.0 Å². The van der Waals surface area contributed by atoms with E-state index >= 15 is 0 Å². The number of nitrogens with zero attached hydrogens (tertiary/aromatic N) is 1. The molecule has 1 aromatic carbocycles. The normalized spacial score (nSPS) is 16.7. The predicted octanol–water partition coefficient (Wildman–Crippen LogP) is 2.30. The molecule has 1 heterocycles. The largest absolute Gasteiger partial charge is 0.288 e. The zero-order chi connectivity index (χ0) is 13.3. The van der Waals surface area contributed by atoms with E-state index < -0.39 is 10.0 Å². The zero-order valence-electron chi connectivity index (χ0n) is 11.0. The minimum atomic E-state index is -3.45. The molecule has 0 atom stereocenters. The SMILES string of the molecule is [CH-]=C1CN(S(=O)(=O)c2ccc(C)cc2)CC=C1C.[W]. The molecule has 0 saturated heterocycles. The first kappa shape index (κ1) is 16.4. The Balaban J connectivity index is 0.00000180. The molecule has 0 radical (unpaired) electrons. The molecule has 2 rings (SSSR count). The maximum absolute atomic E-state index is 12.4. The molecule has 5 heteroatoms. The van der Waals surface area contributed by atoms with Gasteiger partial charge in [0.15, 0.2) is 0 Å². The smallest absolute Gasteiger partial charge is 0.243 e. The molecular formula is C14H16NO2SW-. The summed E-state index contributed by atoms with van der Waals surface area (Å²) in [7, 11) is -3.45. The predicted molar refractivity (Wildman–Crippen MR) is 71.5 cm³/mol. The van der Waals surface area contributed by atoms with Crippen LogP contribution in [0.4, 0.5) is 0 Å². The van der Waals surface area contributed by atoms with Crippen molar-refractivity contribution in [2.45, 2.75) is 18.7 Å². The van der Waals surface area contributed by atoms with Crippen LogP contribution >= 0.6 is 0 Å². The fraction of sp³-hybridized carbons (Fsp3) is 0.286. The molecule has 1 aliphatic heterocycles. The van der Waals surface area contributed by atoms with Crippen molar-refractivity contribution in [2.24, 2.45) is 0 Å². The topological polar surface area (TPSA) is 37.4 Å². The van der Waals surface area contributed by atoms with Crippen molar-refractivity contribution in [2.75, 3.05) is 13.1 Å². The van der Waals surface area contributed by atoms with Crippen LogP contribution in [0.5, 0.6) is 0 Å². The second-order valence-corrected chi connectivity index (χ2v) is 6.46. The first-order valence-electron chi connectivity index (χ1n) is 5.76. The van der Waals surface area contributed by atoms with E-state index in [0.717, 1.165) is 11.1 Å². The van der Waals surface area contributed by atoms with Gasteiger partial charge in [-0.3, -0.25) is 6.58 Å². The van der Waals surface area contributed by atoms with E-state index in [9.17, 15) is 8.42 Å². The third-order valence-corrected chi connectivity index (χ3v) is 4.94. The Kier molecular flexibility index (Phi) is 5.31. The van der Waals surface area contributed by atoms with Crippen LogP contribution in [0.3, 0.4) is 0 Å². The second-order valence-electron chi connectivity index (χ2n) is 4.52. The van der Waals surface area contributed by atoms with Crippen LogP contribution in [0.2, 0.25) is 0 Å². The maximum Gasteiger partial charge on any atom is 0.243 e. The first-order chi connectivity index (χ1) is 8.41. The summed E-state index contributed by atoms with van der Waals surface area (Å²) in [5, 5.41) is 0. The van der Waals surface area contributed by atoms with Gasteiger partial charge in [0, 0.05) is 34.2 Å². The van der Waals surface area contributed by atoms with Gasteiger partial charge < -0.3 is 0 Å². The van der Waals surface area contributed by atoms with Gasteiger partial charge in [0.2, 0.25) is 10.0 Å². The van der Waals surface area contributed by atoms with Gasteiger partial charge in [-0.1, -0.05) is 17.7 Å². The number of hydrogen-bond donors (Lipinski definition) is 0. The number of benzene rings is 1. The summed E-state index contributed by atoms with van der Waals surface area (Å²) < 4.78 is 26.1. The quantitative estimate of drug-likeness (QED) is 0.655. The fourth-order valence-electron chi connectivity index (χ4n) is 1.79. The average Bonchev–Trinajstić information content (AvgIpc) is 2.33. The monoisotopic (exact) mass is 446 g/mol. The van der Waals surface area contributed by atoms with Crippen LogP contribution in [0.1, 0.15) is 12.5 Å². The second kappa shape index (κ2) is 6.17. The van der Waals surface area contributed by atoms with Gasteiger partial charge in [-0.05, 0) is 19.1 Å². The Morgan fingerprint density at radius 1 is 1.16 bits per heavy atom. The molecule has 1 aliphatic rings. The van der Waals surface area contributed by atoms with E-state index in [1.54, 1.807) is 24.3 Å². The molecule has 0 aliphatic carbocycles. The van der Waals surface area contributed by atoms with Crippen LogP contribution in [0.25, 0.3) is 0 Å². The van der Waals surface area contributed by atoms with Crippen molar-refractivity contribution in [1.82, 2.24) is 4.31 Å². The molecule has 0 aromatic heterocycles. The Bertz CT molecular complexity index is 603. The van der Waals surface area contributed by atoms with Crippen molar-refractivity contribution >= 4 is 10.0 Å². The standard InChI is InChI=1S/C14H16NO2S.W/c1-11-4-6-14(7-5-11)18(16,17)15-9-8-12(2)13(3)10-15;/h3-8H,9-10H2,1-2H3;/q-1;. The van der Waals surface area contributed by atoms with E-state index in [2.05, 4.69) is 0 Å². The van der Waals surface area contributed by atoms with Crippen molar-refractivity contribution in [3.8, 4) is 0 Å². The van der Waals surface area contributed by atoms with E-state index in [-0.39, 0.29) is 27.6 Å². The molecule has 3 nitrogen and oxygen atoms in total. The molecule has 1 aromatic rings. The van der Waals surface area contributed by atoms with Gasteiger partial charge in [-0.2, -0.15) is 9.88 Å². The van der Waals surface area contributed by atoms with Gasteiger partial charge in [0.1, 0.15) is 0 Å². The molecule has 0 N–H and O–H groups in total. The Labute approximate surface area is 129 Å². The molecular weight excluding hydrogens is 430 g/mol. The summed E-state index contributed by atoms with van der Waals surface area (Å²) in [4.78, 5) is 0.314. The minimum Gasteiger partial charge on any atom is -0.288 e. The molecule has 0 saturated carbocycles.